The van der Waals surface area contributed by atoms with Crippen molar-refractivity contribution in [2.24, 2.45) is 5.92 Å². The summed E-state index contributed by atoms with van der Waals surface area (Å²) in [5.41, 5.74) is 2.52. The second-order valence-electron chi connectivity index (χ2n) is 7.88. The van der Waals surface area contributed by atoms with Crippen molar-refractivity contribution >= 4 is 23.4 Å². The number of amides is 2. The normalized spacial score (nSPS) is 17.8. The third-order valence-electron chi connectivity index (χ3n) is 5.88. The van der Waals surface area contributed by atoms with Gasteiger partial charge in [-0.2, -0.15) is 0 Å². The lowest BCUT2D eigenvalue weighted by atomic mass is 9.87. The number of benzene rings is 3. The first kappa shape index (κ1) is 21.9. The highest BCUT2D eigenvalue weighted by atomic mass is 35.5. The Morgan fingerprint density at radius 1 is 0.969 bits per heavy atom. The highest BCUT2D eigenvalue weighted by molar-refractivity contribution is 6.30. The predicted octanol–water partition coefficient (Wildman–Crippen LogP) is 4.52. The van der Waals surface area contributed by atoms with E-state index in [1.54, 1.807) is 36.3 Å². The zero-order chi connectivity index (χ0) is 22.5. The van der Waals surface area contributed by atoms with Gasteiger partial charge < -0.3 is 15.0 Å². The van der Waals surface area contributed by atoms with Gasteiger partial charge in [-0.25, -0.2) is 0 Å². The van der Waals surface area contributed by atoms with E-state index >= 15 is 0 Å². The first-order valence-electron chi connectivity index (χ1n) is 10.6. The Kier molecular flexibility index (Phi) is 6.76. The average Bonchev–Trinajstić information content (AvgIpc) is 3.28. The molecule has 0 radical (unpaired) electrons. The van der Waals surface area contributed by atoms with Crippen molar-refractivity contribution in [1.29, 1.82) is 0 Å². The van der Waals surface area contributed by atoms with Gasteiger partial charge in [0.05, 0.1) is 13.0 Å². The summed E-state index contributed by atoms with van der Waals surface area (Å²) in [4.78, 5) is 28.1. The van der Waals surface area contributed by atoms with E-state index in [4.69, 9.17) is 16.3 Å². The smallest absolute Gasteiger partial charge is 0.253 e. The molecule has 5 nitrogen and oxygen atoms in total. The van der Waals surface area contributed by atoms with Crippen LogP contribution in [0.4, 0.5) is 0 Å². The first-order chi connectivity index (χ1) is 15.6. The van der Waals surface area contributed by atoms with Crippen LogP contribution in [0.5, 0.6) is 5.75 Å². The van der Waals surface area contributed by atoms with E-state index in [-0.39, 0.29) is 23.7 Å². The monoisotopic (exact) mass is 448 g/mol. The van der Waals surface area contributed by atoms with Gasteiger partial charge in [0.15, 0.2) is 0 Å². The van der Waals surface area contributed by atoms with Crippen LogP contribution in [0.15, 0.2) is 78.9 Å². The SMILES string of the molecule is COc1ccccc1[C@H]1CN(C(=O)c2ccc(Cl)cc2)C[C@@H]1C(=O)NCc1ccccc1. The topological polar surface area (TPSA) is 58.6 Å². The molecule has 0 saturated carbocycles. The van der Waals surface area contributed by atoms with Gasteiger partial charge in [-0.1, -0.05) is 60.1 Å². The fraction of sp³-hybridized carbons (Fsp3) is 0.231. The molecule has 1 N–H and O–H groups in total. The Morgan fingerprint density at radius 3 is 2.38 bits per heavy atom. The molecule has 1 fully saturated rings. The molecule has 1 saturated heterocycles. The summed E-state index contributed by atoms with van der Waals surface area (Å²) < 4.78 is 5.56. The predicted molar refractivity (Wildman–Crippen MR) is 125 cm³/mol. The van der Waals surface area contributed by atoms with Gasteiger partial charge >= 0.3 is 0 Å². The van der Waals surface area contributed by atoms with E-state index in [1.807, 2.05) is 54.6 Å². The van der Waals surface area contributed by atoms with Crippen molar-refractivity contribution in [1.82, 2.24) is 10.2 Å². The molecule has 1 aliphatic rings. The van der Waals surface area contributed by atoms with Crippen molar-refractivity contribution in [2.45, 2.75) is 12.5 Å². The summed E-state index contributed by atoms with van der Waals surface area (Å²) in [5.74, 6) is -0.0142. The summed E-state index contributed by atoms with van der Waals surface area (Å²) in [7, 11) is 1.62. The van der Waals surface area contributed by atoms with Crippen LogP contribution < -0.4 is 10.1 Å². The third-order valence-corrected chi connectivity index (χ3v) is 6.13. The Bertz CT molecular complexity index is 1090. The molecule has 0 unspecified atom stereocenters. The number of hydrogen-bond donors (Lipinski definition) is 1. The van der Waals surface area contributed by atoms with Crippen molar-refractivity contribution in [3.63, 3.8) is 0 Å². The lowest BCUT2D eigenvalue weighted by Crippen LogP contribution is -2.35. The standard InChI is InChI=1S/C26H25ClN2O3/c1-32-24-10-6-5-9-21(24)22-16-29(26(31)19-11-13-20(27)14-12-19)17-23(22)25(30)28-15-18-7-3-2-4-8-18/h2-14,22-23H,15-17H2,1H3,(H,28,30)/t22-,23+/m1/s1. The maximum absolute atomic E-state index is 13.2. The van der Waals surface area contributed by atoms with Gasteiger partial charge in [0.1, 0.15) is 5.75 Å². The van der Waals surface area contributed by atoms with E-state index in [0.717, 1.165) is 16.9 Å². The number of rotatable bonds is 6. The molecule has 3 aromatic carbocycles. The number of ether oxygens (including phenoxy) is 1. The molecule has 0 aromatic heterocycles. The highest BCUT2D eigenvalue weighted by Gasteiger charge is 2.41. The van der Waals surface area contributed by atoms with Gasteiger partial charge in [0.2, 0.25) is 5.91 Å². The molecular weight excluding hydrogens is 424 g/mol. The van der Waals surface area contributed by atoms with Crippen LogP contribution in [0.3, 0.4) is 0 Å². The van der Waals surface area contributed by atoms with E-state index in [2.05, 4.69) is 5.32 Å². The summed E-state index contributed by atoms with van der Waals surface area (Å²) in [5, 5.41) is 3.63. The number of likely N-dealkylation sites (tertiary alicyclic amines) is 1. The molecule has 3 aromatic rings. The molecular formula is C26H25ClN2O3. The number of nitrogens with one attached hydrogen (secondary N) is 1. The molecule has 0 bridgehead atoms. The second kappa shape index (κ2) is 9.88. The number of carbonyl (C=O) groups is 2. The number of methoxy groups -OCH3 is 1. The van der Waals surface area contributed by atoms with Crippen LogP contribution in [-0.2, 0) is 11.3 Å². The zero-order valence-electron chi connectivity index (χ0n) is 17.8. The Hall–Kier alpha value is -3.31. The molecule has 164 valence electrons. The summed E-state index contributed by atoms with van der Waals surface area (Å²) in [6.45, 7) is 1.22. The van der Waals surface area contributed by atoms with Crippen LogP contribution in [0.2, 0.25) is 5.02 Å². The maximum atomic E-state index is 13.2. The fourth-order valence-corrected chi connectivity index (χ4v) is 4.34. The van der Waals surface area contributed by atoms with Gasteiger partial charge in [-0.05, 0) is 41.5 Å². The number of nitrogens with zero attached hydrogens (tertiary/aromatic N) is 1. The van der Waals surface area contributed by atoms with Gasteiger partial charge in [-0.3, -0.25) is 9.59 Å². The van der Waals surface area contributed by atoms with Crippen LogP contribution in [0, 0.1) is 5.92 Å². The quantitative estimate of drug-likeness (QED) is 0.603. The Labute approximate surface area is 193 Å². The molecule has 4 rings (SSSR count). The minimum atomic E-state index is -0.383. The van der Waals surface area contributed by atoms with Crippen molar-refractivity contribution in [3.8, 4) is 5.75 Å². The Morgan fingerprint density at radius 2 is 1.66 bits per heavy atom. The first-order valence-corrected chi connectivity index (χ1v) is 10.9. The summed E-state index contributed by atoms with van der Waals surface area (Å²) in [6, 6.07) is 24.3. The molecule has 0 spiro atoms. The number of para-hydroxylation sites is 1. The van der Waals surface area contributed by atoms with Gasteiger partial charge in [0.25, 0.3) is 5.91 Å². The minimum Gasteiger partial charge on any atom is -0.496 e. The largest absolute Gasteiger partial charge is 0.496 e. The molecule has 6 heteroatoms. The second-order valence-corrected chi connectivity index (χ2v) is 8.31. The summed E-state index contributed by atoms with van der Waals surface area (Å²) >= 11 is 5.97. The zero-order valence-corrected chi connectivity index (χ0v) is 18.6. The van der Waals surface area contributed by atoms with E-state index in [9.17, 15) is 9.59 Å². The van der Waals surface area contributed by atoms with Crippen LogP contribution >= 0.6 is 11.6 Å². The molecule has 32 heavy (non-hydrogen) atoms. The maximum Gasteiger partial charge on any atom is 0.253 e. The molecule has 0 aliphatic carbocycles. The van der Waals surface area contributed by atoms with Crippen LogP contribution in [-0.4, -0.2) is 36.9 Å². The van der Waals surface area contributed by atoms with Crippen molar-refractivity contribution in [2.75, 3.05) is 20.2 Å². The van der Waals surface area contributed by atoms with Crippen molar-refractivity contribution < 1.29 is 14.3 Å². The minimum absolute atomic E-state index is 0.0730. The summed E-state index contributed by atoms with van der Waals surface area (Å²) in [6.07, 6.45) is 0. The number of hydrogen-bond acceptors (Lipinski definition) is 3. The molecule has 2 amide bonds. The molecule has 2 atom stereocenters. The fourth-order valence-electron chi connectivity index (χ4n) is 4.21. The molecule has 1 heterocycles. The van der Waals surface area contributed by atoms with Gasteiger partial charge in [0, 0.05) is 36.1 Å². The van der Waals surface area contributed by atoms with E-state index in [1.165, 1.54) is 0 Å². The lowest BCUT2D eigenvalue weighted by molar-refractivity contribution is -0.125. The van der Waals surface area contributed by atoms with Gasteiger partial charge in [-0.15, -0.1) is 0 Å². The number of carbonyl (C=O) groups excluding carboxylic acids is 2. The van der Waals surface area contributed by atoms with E-state index < -0.39 is 0 Å². The highest BCUT2D eigenvalue weighted by Crippen LogP contribution is 2.38. The van der Waals surface area contributed by atoms with Crippen LogP contribution in [0.1, 0.15) is 27.4 Å². The van der Waals surface area contributed by atoms with Crippen LogP contribution in [0.25, 0.3) is 0 Å². The van der Waals surface area contributed by atoms with E-state index in [0.29, 0.717) is 30.2 Å². The number of halogens is 1. The molecule has 1 aliphatic heterocycles. The van der Waals surface area contributed by atoms with Crippen molar-refractivity contribution in [3.05, 3.63) is 101 Å². The average molecular weight is 449 g/mol. The Balaban J connectivity index is 1.58. The lowest BCUT2D eigenvalue weighted by Gasteiger charge is -2.20. The third kappa shape index (κ3) is 4.78.